The highest BCUT2D eigenvalue weighted by atomic mass is 79.9. The van der Waals surface area contributed by atoms with Gasteiger partial charge in [-0.1, -0.05) is 41.1 Å². The molecule has 0 saturated carbocycles. The third kappa shape index (κ3) is 2.00. The summed E-state index contributed by atoms with van der Waals surface area (Å²) in [4.78, 5) is 4.47. The number of aromatic nitrogens is 4. The number of rotatable bonds is 3. The van der Waals surface area contributed by atoms with E-state index in [-0.39, 0.29) is 0 Å². The molecule has 5 nitrogen and oxygen atoms in total. The fourth-order valence-electron chi connectivity index (χ4n) is 2.45. The first kappa shape index (κ1) is 13.2. The summed E-state index contributed by atoms with van der Waals surface area (Å²) in [5.41, 5.74) is 10.1. The van der Waals surface area contributed by atoms with Crippen LogP contribution < -0.4 is 5.73 Å². The summed E-state index contributed by atoms with van der Waals surface area (Å²) < 4.78 is 4.93. The van der Waals surface area contributed by atoms with Gasteiger partial charge in [-0.15, -0.1) is 0 Å². The Morgan fingerprint density at radius 2 is 2.05 bits per heavy atom. The van der Waals surface area contributed by atoms with Crippen molar-refractivity contribution in [3.05, 3.63) is 40.0 Å². The number of hydrogen-bond acceptors (Lipinski definition) is 3. The van der Waals surface area contributed by atoms with Crippen molar-refractivity contribution in [1.82, 2.24) is 19.3 Å². The Balaban J connectivity index is 2.14. The number of imidazole rings is 1. The molecule has 0 aliphatic heterocycles. The zero-order valence-electron chi connectivity index (χ0n) is 11.5. The van der Waals surface area contributed by atoms with Gasteiger partial charge < -0.3 is 5.73 Å². The molecule has 0 bridgehead atoms. The average Bonchev–Trinajstić information content (AvgIpc) is 2.91. The summed E-state index contributed by atoms with van der Waals surface area (Å²) in [6.45, 7) is 2.75. The minimum atomic E-state index is 0.526. The van der Waals surface area contributed by atoms with Crippen LogP contribution in [-0.2, 0) is 20.0 Å². The number of aryl methyl sites for hydroxylation is 2. The van der Waals surface area contributed by atoms with Crippen LogP contribution in [0.5, 0.6) is 0 Å². The van der Waals surface area contributed by atoms with Crippen molar-refractivity contribution >= 4 is 33.0 Å². The fraction of sp³-hybridized carbons (Fsp3) is 0.286. The van der Waals surface area contributed by atoms with Crippen molar-refractivity contribution < 1.29 is 0 Å². The minimum Gasteiger partial charge on any atom is -0.369 e. The molecular weight excluding hydrogens is 318 g/mol. The number of nitrogen functional groups attached to an aromatic ring is 1. The molecule has 0 aliphatic carbocycles. The van der Waals surface area contributed by atoms with Crippen LogP contribution in [-0.4, -0.2) is 19.3 Å². The zero-order chi connectivity index (χ0) is 14.3. The van der Waals surface area contributed by atoms with E-state index in [9.17, 15) is 0 Å². The molecule has 3 aromatic rings. The van der Waals surface area contributed by atoms with Gasteiger partial charge in [-0.3, -0.25) is 9.25 Å². The van der Waals surface area contributed by atoms with Crippen LogP contribution in [0.25, 0.3) is 11.2 Å². The molecule has 0 aliphatic rings. The summed E-state index contributed by atoms with van der Waals surface area (Å²) in [6, 6.07) is 8.12. The Bertz CT molecular complexity index is 771. The summed E-state index contributed by atoms with van der Waals surface area (Å²) in [5, 5.41) is 4.50. The van der Waals surface area contributed by atoms with Crippen LogP contribution in [0.4, 0.5) is 5.95 Å². The first-order valence-electron chi connectivity index (χ1n) is 6.52. The van der Waals surface area contributed by atoms with E-state index in [0.29, 0.717) is 12.5 Å². The smallest absolute Gasteiger partial charge is 0.202 e. The van der Waals surface area contributed by atoms with Gasteiger partial charge in [0.05, 0.1) is 12.2 Å². The van der Waals surface area contributed by atoms with Crippen molar-refractivity contribution in [3.63, 3.8) is 0 Å². The van der Waals surface area contributed by atoms with Crippen LogP contribution in [0.3, 0.4) is 0 Å². The second-order valence-corrected chi connectivity index (χ2v) is 5.60. The third-order valence-corrected chi connectivity index (χ3v) is 4.22. The molecule has 0 atom stereocenters. The van der Waals surface area contributed by atoms with Crippen molar-refractivity contribution in [3.8, 4) is 0 Å². The second-order valence-electron chi connectivity index (χ2n) is 4.74. The summed E-state index contributed by atoms with van der Waals surface area (Å²) in [7, 11) is 1.93. The van der Waals surface area contributed by atoms with E-state index >= 15 is 0 Å². The van der Waals surface area contributed by atoms with Gasteiger partial charge in [-0.2, -0.15) is 5.10 Å². The van der Waals surface area contributed by atoms with Crippen LogP contribution in [0.2, 0.25) is 0 Å². The monoisotopic (exact) mass is 333 g/mol. The predicted octanol–water partition coefficient (Wildman–Crippen LogP) is 2.73. The first-order valence-corrected chi connectivity index (χ1v) is 7.32. The molecule has 20 heavy (non-hydrogen) atoms. The Labute approximate surface area is 125 Å². The van der Waals surface area contributed by atoms with Gasteiger partial charge in [0.15, 0.2) is 5.65 Å². The molecule has 2 N–H and O–H groups in total. The second kappa shape index (κ2) is 4.94. The largest absolute Gasteiger partial charge is 0.369 e. The number of hydrogen-bond donors (Lipinski definition) is 1. The Kier molecular flexibility index (Phi) is 3.25. The summed E-state index contributed by atoms with van der Waals surface area (Å²) >= 11 is 3.57. The Morgan fingerprint density at radius 1 is 1.30 bits per heavy atom. The summed E-state index contributed by atoms with van der Waals surface area (Å²) in [6.07, 6.45) is 0.850. The van der Waals surface area contributed by atoms with Crippen LogP contribution in [0.1, 0.15) is 18.2 Å². The maximum Gasteiger partial charge on any atom is 0.202 e. The third-order valence-electron chi connectivity index (χ3n) is 3.44. The Morgan fingerprint density at radius 3 is 2.75 bits per heavy atom. The van der Waals surface area contributed by atoms with Gasteiger partial charge in [0, 0.05) is 11.5 Å². The van der Waals surface area contributed by atoms with E-state index in [1.54, 1.807) is 0 Å². The molecule has 2 heterocycles. The van der Waals surface area contributed by atoms with Gasteiger partial charge in [0.1, 0.15) is 5.52 Å². The lowest BCUT2D eigenvalue weighted by atomic mass is 10.2. The molecule has 0 spiro atoms. The lowest BCUT2D eigenvalue weighted by molar-refractivity contribution is 0.718. The quantitative estimate of drug-likeness (QED) is 0.801. The van der Waals surface area contributed by atoms with Crippen LogP contribution in [0.15, 0.2) is 28.7 Å². The molecule has 0 amide bonds. The van der Waals surface area contributed by atoms with E-state index < -0.39 is 0 Å². The molecule has 2 aromatic heterocycles. The van der Waals surface area contributed by atoms with Gasteiger partial charge in [0.2, 0.25) is 5.95 Å². The molecule has 0 saturated heterocycles. The molecule has 104 valence electrons. The predicted molar refractivity (Wildman–Crippen MR) is 83.5 cm³/mol. The van der Waals surface area contributed by atoms with Gasteiger partial charge in [-0.05, 0) is 18.1 Å². The highest BCUT2D eigenvalue weighted by Crippen LogP contribution is 2.24. The number of nitrogens with two attached hydrogens (primary N) is 1. The highest BCUT2D eigenvalue weighted by Gasteiger charge is 2.17. The van der Waals surface area contributed by atoms with Crippen molar-refractivity contribution in [2.45, 2.75) is 19.9 Å². The molecule has 3 rings (SSSR count). The molecule has 0 fully saturated rings. The molecule has 1 aromatic carbocycles. The van der Waals surface area contributed by atoms with E-state index in [4.69, 9.17) is 5.73 Å². The standard InChI is InChI=1S/C14H16BrN5/c1-3-11-12-13(19(2)18-11)20(14(16)17-12)8-9-6-4-5-7-10(9)15/h4-7H,3,8H2,1-2H3,(H2,16,17). The van der Waals surface area contributed by atoms with Gasteiger partial charge in [-0.25, -0.2) is 4.98 Å². The molecule has 6 heteroatoms. The molecule has 0 radical (unpaired) electrons. The number of anilines is 1. The van der Waals surface area contributed by atoms with Crippen molar-refractivity contribution in [2.75, 3.05) is 5.73 Å². The van der Waals surface area contributed by atoms with E-state index in [1.165, 1.54) is 0 Å². The SMILES string of the molecule is CCc1nn(C)c2c1nc(N)n2Cc1ccccc1Br. The van der Waals surface area contributed by atoms with Crippen molar-refractivity contribution in [1.29, 1.82) is 0 Å². The highest BCUT2D eigenvalue weighted by molar-refractivity contribution is 9.10. The maximum atomic E-state index is 6.08. The average molecular weight is 334 g/mol. The lowest BCUT2D eigenvalue weighted by Crippen LogP contribution is -2.08. The number of nitrogens with zero attached hydrogens (tertiary/aromatic N) is 4. The van der Waals surface area contributed by atoms with Crippen LogP contribution in [0, 0.1) is 0 Å². The van der Waals surface area contributed by atoms with Crippen LogP contribution >= 0.6 is 15.9 Å². The van der Waals surface area contributed by atoms with E-state index in [1.807, 2.05) is 34.5 Å². The topological polar surface area (TPSA) is 61.7 Å². The number of halogens is 1. The van der Waals surface area contributed by atoms with Gasteiger partial charge in [0.25, 0.3) is 0 Å². The van der Waals surface area contributed by atoms with E-state index in [0.717, 1.165) is 33.3 Å². The van der Waals surface area contributed by atoms with Crippen molar-refractivity contribution in [2.24, 2.45) is 7.05 Å². The zero-order valence-corrected chi connectivity index (χ0v) is 13.1. The lowest BCUT2D eigenvalue weighted by Gasteiger charge is -2.08. The number of fused-ring (bicyclic) bond motifs is 1. The normalized spacial score (nSPS) is 11.3. The Hall–Kier alpha value is -1.82. The maximum absolute atomic E-state index is 6.08. The molecular formula is C14H16BrN5. The van der Waals surface area contributed by atoms with Gasteiger partial charge >= 0.3 is 0 Å². The van der Waals surface area contributed by atoms with E-state index in [2.05, 4.69) is 39.0 Å². The first-order chi connectivity index (χ1) is 9.61. The molecule has 0 unspecified atom stereocenters. The number of benzene rings is 1. The minimum absolute atomic E-state index is 0.526. The fourth-order valence-corrected chi connectivity index (χ4v) is 2.86. The summed E-state index contributed by atoms with van der Waals surface area (Å²) in [5.74, 6) is 0.526.